The van der Waals surface area contributed by atoms with Crippen molar-refractivity contribution in [1.29, 1.82) is 0 Å². The summed E-state index contributed by atoms with van der Waals surface area (Å²) in [5.41, 5.74) is 5.82. The predicted molar refractivity (Wildman–Crippen MR) is 135 cm³/mol. The standard InChI is InChI=1S/C28H21ClF3N3O2/c1-13-12-34-25(17-4-3-5-18(23(17)31)27(33)36)24(32)26(13)35-14(2)10-21(22(29)28(35)37)20-11-19(20)15-6-8-16(30)9-7-15/h3-10,12,19-20H,11H2,1-2H3,(H2,33,36)/t19-,20+/m1/s1. The number of rotatable bonds is 5. The first-order valence-electron chi connectivity index (χ1n) is 11.5. The van der Waals surface area contributed by atoms with Crippen LogP contribution in [-0.4, -0.2) is 15.5 Å². The lowest BCUT2D eigenvalue weighted by atomic mass is 10.0. The molecule has 2 atom stereocenters. The van der Waals surface area contributed by atoms with E-state index < -0.39 is 28.7 Å². The molecule has 188 valence electrons. The van der Waals surface area contributed by atoms with E-state index in [4.69, 9.17) is 17.3 Å². The Morgan fingerprint density at radius 3 is 2.43 bits per heavy atom. The second-order valence-corrected chi connectivity index (χ2v) is 9.56. The molecule has 4 aromatic rings. The van der Waals surface area contributed by atoms with Gasteiger partial charge in [-0.15, -0.1) is 0 Å². The smallest absolute Gasteiger partial charge is 0.274 e. The molecule has 37 heavy (non-hydrogen) atoms. The van der Waals surface area contributed by atoms with Crippen molar-refractivity contribution in [1.82, 2.24) is 9.55 Å². The molecule has 1 aliphatic carbocycles. The van der Waals surface area contributed by atoms with Crippen LogP contribution in [-0.2, 0) is 0 Å². The molecule has 0 aliphatic heterocycles. The van der Waals surface area contributed by atoms with Crippen LogP contribution in [0.25, 0.3) is 16.9 Å². The number of carbonyl (C=O) groups is 1. The number of hydrogen-bond donors (Lipinski definition) is 1. The molecule has 9 heteroatoms. The van der Waals surface area contributed by atoms with Crippen molar-refractivity contribution >= 4 is 17.5 Å². The zero-order chi connectivity index (χ0) is 26.6. The number of aromatic nitrogens is 2. The third-order valence-electron chi connectivity index (χ3n) is 6.77. The second kappa shape index (κ2) is 9.19. The monoisotopic (exact) mass is 523 g/mol. The number of benzene rings is 2. The fourth-order valence-corrected chi connectivity index (χ4v) is 5.11. The Balaban J connectivity index is 1.60. The summed E-state index contributed by atoms with van der Waals surface area (Å²) in [5.74, 6) is -3.20. The van der Waals surface area contributed by atoms with Crippen molar-refractivity contribution in [3.63, 3.8) is 0 Å². The maximum Gasteiger partial charge on any atom is 0.274 e. The van der Waals surface area contributed by atoms with Gasteiger partial charge in [-0.2, -0.15) is 0 Å². The van der Waals surface area contributed by atoms with E-state index in [1.54, 1.807) is 32.0 Å². The van der Waals surface area contributed by atoms with Crippen molar-refractivity contribution in [2.24, 2.45) is 5.73 Å². The minimum Gasteiger partial charge on any atom is -0.366 e. The van der Waals surface area contributed by atoms with Gasteiger partial charge in [-0.3, -0.25) is 19.1 Å². The largest absolute Gasteiger partial charge is 0.366 e. The van der Waals surface area contributed by atoms with Gasteiger partial charge in [0.05, 0.1) is 11.3 Å². The van der Waals surface area contributed by atoms with Crippen molar-refractivity contribution < 1.29 is 18.0 Å². The first-order valence-corrected chi connectivity index (χ1v) is 11.9. The lowest BCUT2D eigenvalue weighted by Gasteiger charge is -2.18. The molecule has 1 amide bonds. The van der Waals surface area contributed by atoms with Crippen LogP contribution in [0.3, 0.4) is 0 Å². The zero-order valence-corrected chi connectivity index (χ0v) is 20.6. The molecule has 1 fully saturated rings. The summed E-state index contributed by atoms with van der Waals surface area (Å²) < 4.78 is 45.3. The van der Waals surface area contributed by atoms with Gasteiger partial charge >= 0.3 is 0 Å². The second-order valence-electron chi connectivity index (χ2n) is 9.18. The van der Waals surface area contributed by atoms with Crippen LogP contribution in [0.15, 0.2) is 59.5 Å². The molecule has 0 spiro atoms. The Morgan fingerprint density at radius 2 is 1.76 bits per heavy atom. The minimum atomic E-state index is -1.01. The summed E-state index contributed by atoms with van der Waals surface area (Å²) in [4.78, 5) is 29.1. The van der Waals surface area contributed by atoms with Gasteiger partial charge in [0.25, 0.3) is 11.5 Å². The number of nitrogens with two attached hydrogens (primary N) is 1. The highest BCUT2D eigenvalue weighted by Gasteiger charge is 2.41. The maximum atomic E-state index is 15.9. The molecular weight excluding hydrogens is 503 g/mol. The van der Waals surface area contributed by atoms with Crippen LogP contribution in [0.5, 0.6) is 0 Å². The van der Waals surface area contributed by atoms with Gasteiger partial charge in [-0.05, 0) is 79.1 Å². The van der Waals surface area contributed by atoms with Crippen LogP contribution in [0.2, 0.25) is 5.02 Å². The summed E-state index contributed by atoms with van der Waals surface area (Å²) in [6.45, 7) is 3.23. The molecule has 0 unspecified atom stereocenters. The molecule has 0 bridgehead atoms. The summed E-state index contributed by atoms with van der Waals surface area (Å²) in [6.07, 6.45) is 2.07. The Bertz CT molecular complexity index is 1630. The van der Waals surface area contributed by atoms with E-state index in [9.17, 15) is 18.4 Å². The maximum absolute atomic E-state index is 15.9. The Hall–Kier alpha value is -3.91. The van der Waals surface area contributed by atoms with E-state index in [2.05, 4.69) is 4.98 Å². The number of nitrogens with zero attached hydrogens (tertiary/aromatic N) is 2. The first-order chi connectivity index (χ1) is 17.6. The highest BCUT2D eigenvalue weighted by Crippen LogP contribution is 2.55. The fourth-order valence-electron chi connectivity index (χ4n) is 4.83. The number of amides is 1. The molecule has 2 aromatic carbocycles. The Morgan fingerprint density at radius 1 is 1.05 bits per heavy atom. The van der Waals surface area contributed by atoms with Gasteiger partial charge in [0.2, 0.25) is 0 Å². The van der Waals surface area contributed by atoms with Crippen molar-refractivity contribution in [3.05, 3.63) is 116 Å². The van der Waals surface area contributed by atoms with Gasteiger partial charge < -0.3 is 5.73 Å². The van der Waals surface area contributed by atoms with Crippen LogP contribution in [0, 0.1) is 31.3 Å². The van der Waals surface area contributed by atoms with Gasteiger partial charge in [-0.1, -0.05) is 29.8 Å². The van der Waals surface area contributed by atoms with E-state index in [0.29, 0.717) is 16.8 Å². The molecule has 1 saturated carbocycles. The third-order valence-corrected chi connectivity index (χ3v) is 7.15. The highest BCUT2D eigenvalue weighted by atomic mass is 35.5. The average molecular weight is 524 g/mol. The number of pyridine rings is 2. The van der Waals surface area contributed by atoms with E-state index in [1.807, 2.05) is 0 Å². The summed E-state index contributed by atoms with van der Waals surface area (Å²) >= 11 is 6.53. The summed E-state index contributed by atoms with van der Waals surface area (Å²) in [5, 5.41) is -0.0423. The molecule has 1 aliphatic rings. The number of halogens is 4. The topological polar surface area (TPSA) is 78.0 Å². The number of hydrogen-bond acceptors (Lipinski definition) is 3. The quantitative estimate of drug-likeness (QED) is 0.351. The number of aryl methyl sites for hydroxylation is 2. The van der Waals surface area contributed by atoms with Crippen LogP contribution >= 0.6 is 11.6 Å². The molecule has 5 rings (SSSR count). The average Bonchev–Trinajstić information content (AvgIpc) is 3.65. The Kier molecular flexibility index (Phi) is 6.15. The molecule has 2 aromatic heterocycles. The lowest BCUT2D eigenvalue weighted by molar-refractivity contribution is 0.0996. The van der Waals surface area contributed by atoms with Crippen molar-refractivity contribution in [2.45, 2.75) is 32.1 Å². The molecule has 2 heterocycles. The van der Waals surface area contributed by atoms with Gasteiger partial charge in [0.15, 0.2) is 5.82 Å². The number of primary amides is 1. The van der Waals surface area contributed by atoms with Gasteiger partial charge in [0, 0.05) is 17.5 Å². The van der Waals surface area contributed by atoms with Gasteiger partial charge in [0.1, 0.15) is 22.4 Å². The van der Waals surface area contributed by atoms with E-state index in [1.165, 1.54) is 36.5 Å². The van der Waals surface area contributed by atoms with Crippen molar-refractivity contribution in [3.8, 4) is 16.9 Å². The lowest BCUT2D eigenvalue weighted by Crippen LogP contribution is -2.24. The van der Waals surface area contributed by atoms with E-state index in [0.717, 1.165) is 16.6 Å². The van der Waals surface area contributed by atoms with Gasteiger partial charge in [-0.25, -0.2) is 13.2 Å². The van der Waals surface area contributed by atoms with E-state index >= 15 is 4.39 Å². The normalized spacial score (nSPS) is 16.6. The summed E-state index contributed by atoms with van der Waals surface area (Å²) in [7, 11) is 0. The fraction of sp³-hybridized carbons (Fsp3) is 0.179. The predicted octanol–water partition coefficient (Wildman–Crippen LogP) is 5.96. The molecule has 2 N–H and O–H groups in total. The van der Waals surface area contributed by atoms with Crippen LogP contribution in [0.1, 0.15) is 51.0 Å². The van der Waals surface area contributed by atoms with Crippen LogP contribution < -0.4 is 11.3 Å². The summed E-state index contributed by atoms with van der Waals surface area (Å²) in [6, 6.07) is 11.8. The highest BCUT2D eigenvalue weighted by molar-refractivity contribution is 6.31. The Labute approximate surface area is 215 Å². The first kappa shape index (κ1) is 24.8. The SMILES string of the molecule is Cc1cnc(-c2cccc(C(N)=O)c2F)c(F)c1-n1c(C)cc([C@H]2C[C@@H]2c2ccc(F)cc2)c(Cl)c1=O. The molecule has 0 radical (unpaired) electrons. The minimum absolute atomic E-state index is 0.0245. The van der Waals surface area contributed by atoms with Crippen LogP contribution in [0.4, 0.5) is 13.2 Å². The number of carbonyl (C=O) groups excluding carboxylic acids is 1. The third kappa shape index (κ3) is 4.21. The molecule has 5 nitrogen and oxygen atoms in total. The van der Waals surface area contributed by atoms with Crippen molar-refractivity contribution in [2.75, 3.05) is 0 Å². The zero-order valence-electron chi connectivity index (χ0n) is 19.9. The van der Waals surface area contributed by atoms with E-state index in [-0.39, 0.29) is 39.6 Å². The molecular formula is C28H21ClF3N3O2. The molecule has 0 saturated heterocycles.